The van der Waals surface area contributed by atoms with Crippen LogP contribution in [0.2, 0.25) is 0 Å². The molecular formula is C23H25F2N5O2. The Bertz CT molecular complexity index is 1190. The molecule has 3 aromatic rings. The quantitative estimate of drug-likeness (QED) is 0.453. The lowest BCUT2D eigenvalue weighted by Gasteiger charge is -2.24. The fourth-order valence-electron chi connectivity index (χ4n) is 4.95. The first-order valence-corrected chi connectivity index (χ1v) is 10.7. The lowest BCUT2D eigenvalue weighted by Crippen LogP contribution is -2.29. The van der Waals surface area contributed by atoms with Gasteiger partial charge in [0.25, 0.3) is 6.43 Å². The van der Waals surface area contributed by atoms with E-state index in [0.29, 0.717) is 49.2 Å². The molecule has 168 valence electrons. The van der Waals surface area contributed by atoms with Gasteiger partial charge in [-0.05, 0) is 54.1 Å². The van der Waals surface area contributed by atoms with E-state index in [1.165, 1.54) is 12.4 Å². The second-order valence-corrected chi connectivity index (χ2v) is 8.39. The van der Waals surface area contributed by atoms with E-state index in [9.17, 15) is 19.0 Å². The third-order valence-electron chi connectivity index (χ3n) is 6.64. The number of aliphatic hydroxyl groups excluding tert-OH is 2. The summed E-state index contributed by atoms with van der Waals surface area (Å²) in [7, 11) is 0. The van der Waals surface area contributed by atoms with Crippen LogP contribution in [0.3, 0.4) is 0 Å². The van der Waals surface area contributed by atoms with Gasteiger partial charge in [-0.1, -0.05) is 18.2 Å². The van der Waals surface area contributed by atoms with Crippen LogP contribution in [0, 0.1) is 0 Å². The number of aromatic nitrogens is 3. The highest BCUT2D eigenvalue weighted by molar-refractivity contribution is 5.86. The molecule has 0 bridgehead atoms. The average Bonchev–Trinajstić information content (AvgIpc) is 3.34. The fourth-order valence-corrected chi connectivity index (χ4v) is 4.95. The van der Waals surface area contributed by atoms with Crippen LogP contribution in [0.1, 0.15) is 41.1 Å². The molecule has 0 saturated heterocycles. The molecule has 0 unspecified atom stereocenters. The zero-order valence-corrected chi connectivity index (χ0v) is 17.4. The highest BCUT2D eigenvalue weighted by Gasteiger charge is 2.36. The standard InChI is InChI=1S/C23H25F2N5O2/c24-21(25)15-4-3-12(17-10-27-7-5-14(15)17)1-2-13-9-18(20(32)19(13)31)30-8-6-16-22(26)28-11-29-23(16)30/h3-4,6,8-9,11,18-21,27,31-32H,1-2,5,7,10H2,(H2,26,28,29)/t18-,19-,20+/m1/s1. The van der Waals surface area contributed by atoms with Crippen molar-refractivity contribution in [2.75, 3.05) is 12.3 Å². The van der Waals surface area contributed by atoms with Crippen LogP contribution >= 0.6 is 0 Å². The molecule has 1 aliphatic heterocycles. The Morgan fingerprint density at radius 1 is 1.16 bits per heavy atom. The lowest BCUT2D eigenvalue weighted by molar-refractivity contribution is 0.0317. The smallest absolute Gasteiger partial charge is 0.264 e. The van der Waals surface area contributed by atoms with Crippen LogP contribution in [0.4, 0.5) is 14.6 Å². The zero-order chi connectivity index (χ0) is 22.4. The number of halogens is 2. The van der Waals surface area contributed by atoms with Crippen molar-refractivity contribution in [2.24, 2.45) is 0 Å². The van der Waals surface area contributed by atoms with Gasteiger partial charge < -0.3 is 25.8 Å². The highest BCUT2D eigenvalue weighted by Crippen LogP contribution is 2.36. The van der Waals surface area contributed by atoms with Crippen LogP contribution in [-0.2, 0) is 19.4 Å². The largest absolute Gasteiger partial charge is 0.388 e. The molecule has 2 aromatic heterocycles. The summed E-state index contributed by atoms with van der Waals surface area (Å²) >= 11 is 0. The Hall–Kier alpha value is -2.88. The van der Waals surface area contributed by atoms with E-state index >= 15 is 0 Å². The maximum absolute atomic E-state index is 13.4. The van der Waals surface area contributed by atoms with Crippen molar-refractivity contribution >= 4 is 16.9 Å². The van der Waals surface area contributed by atoms with E-state index < -0.39 is 24.7 Å². The van der Waals surface area contributed by atoms with Crippen LogP contribution in [0.15, 0.2) is 42.4 Å². The van der Waals surface area contributed by atoms with Gasteiger partial charge in [-0.25, -0.2) is 18.7 Å². The van der Waals surface area contributed by atoms with Crippen molar-refractivity contribution in [3.63, 3.8) is 0 Å². The molecule has 1 aliphatic carbocycles. The molecule has 2 aliphatic rings. The Balaban J connectivity index is 1.41. The van der Waals surface area contributed by atoms with Crippen molar-refractivity contribution < 1.29 is 19.0 Å². The summed E-state index contributed by atoms with van der Waals surface area (Å²) in [5.41, 5.74) is 10.0. The first kappa shape index (κ1) is 21.0. The minimum absolute atomic E-state index is 0.113. The third-order valence-corrected chi connectivity index (χ3v) is 6.64. The number of nitrogens with zero attached hydrogens (tertiary/aromatic N) is 3. The second-order valence-electron chi connectivity index (χ2n) is 8.39. The van der Waals surface area contributed by atoms with Gasteiger partial charge in [0.1, 0.15) is 30.0 Å². The number of nitrogens with two attached hydrogens (primary N) is 1. The summed E-state index contributed by atoms with van der Waals surface area (Å²) in [4.78, 5) is 8.26. The summed E-state index contributed by atoms with van der Waals surface area (Å²) in [5.74, 6) is 0.358. The number of aliphatic hydroxyl groups is 2. The van der Waals surface area contributed by atoms with E-state index in [0.717, 1.165) is 22.3 Å². The summed E-state index contributed by atoms with van der Waals surface area (Å²) < 4.78 is 28.6. The number of anilines is 1. The number of fused-ring (bicyclic) bond motifs is 2. The molecule has 9 heteroatoms. The van der Waals surface area contributed by atoms with Crippen LogP contribution in [0.5, 0.6) is 0 Å². The monoisotopic (exact) mass is 441 g/mol. The van der Waals surface area contributed by atoms with Crippen molar-refractivity contribution in [3.8, 4) is 0 Å². The van der Waals surface area contributed by atoms with Gasteiger partial charge in [-0.15, -0.1) is 0 Å². The predicted octanol–water partition coefficient (Wildman–Crippen LogP) is 2.43. The topological polar surface area (TPSA) is 109 Å². The number of hydrogen-bond donors (Lipinski definition) is 4. The van der Waals surface area contributed by atoms with E-state index in [1.54, 1.807) is 22.9 Å². The van der Waals surface area contributed by atoms with E-state index in [2.05, 4.69) is 15.3 Å². The average molecular weight is 441 g/mol. The minimum Gasteiger partial charge on any atom is -0.388 e. The fraction of sp³-hybridized carbons (Fsp3) is 0.391. The molecule has 0 saturated carbocycles. The van der Waals surface area contributed by atoms with Gasteiger partial charge >= 0.3 is 0 Å². The molecule has 0 fully saturated rings. The molecule has 1 aromatic carbocycles. The maximum atomic E-state index is 13.4. The number of benzene rings is 1. The Morgan fingerprint density at radius 3 is 2.81 bits per heavy atom. The SMILES string of the molecule is Nc1ncnc2c1ccn2[C@@H]1C=C(CCc2ccc(C(F)F)c3c2CNCC3)[C@@H](O)[C@H]1O. The molecule has 0 radical (unpaired) electrons. The Morgan fingerprint density at radius 2 is 2.00 bits per heavy atom. The Kier molecular flexibility index (Phi) is 5.40. The first-order valence-electron chi connectivity index (χ1n) is 10.7. The number of aryl methyl sites for hydroxylation is 1. The summed E-state index contributed by atoms with van der Waals surface area (Å²) in [5, 5.41) is 25.4. The van der Waals surface area contributed by atoms with Crippen molar-refractivity contribution in [1.82, 2.24) is 19.9 Å². The molecule has 3 atom stereocenters. The normalized spacial score (nSPS) is 23.0. The summed E-state index contributed by atoms with van der Waals surface area (Å²) in [6, 6.07) is 4.60. The molecule has 7 nitrogen and oxygen atoms in total. The molecule has 3 heterocycles. The maximum Gasteiger partial charge on any atom is 0.264 e. The zero-order valence-electron chi connectivity index (χ0n) is 17.4. The number of alkyl halides is 2. The predicted molar refractivity (Wildman–Crippen MR) is 116 cm³/mol. The van der Waals surface area contributed by atoms with E-state index in [-0.39, 0.29) is 5.56 Å². The molecule has 5 N–H and O–H groups in total. The number of rotatable bonds is 5. The first-order chi connectivity index (χ1) is 15.5. The highest BCUT2D eigenvalue weighted by atomic mass is 19.3. The van der Waals surface area contributed by atoms with Gasteiger partial charge in [0.05, 0.1) is 11.4 Å². The number of hydrogen-bond acceptors (Lipinski definition) is 6. The molecular weight excluding hydrogens is 416 g/mol. The van der Waals surface area contributed by atoms with Crippen LogP contribution in [-0.4, -0.2) is 43.5 Å². The van der Waals surface area contributed by atoms with Crippen LogP contribution < -0.4 is 11.1 Å². The second kappa shape index (κ2) is 8.23. The summed E-state index contributed by atoms with van der Waals surface area (Å²) in [6.45, 7) is 1.25. The van der Waals surface area contributed by atoms with Gasteiger partial charge in [0, 0.05) is 18.3 Å². The van der Waals surface area contributed by atoms with Gasteiger partial charge in [-0.2, -0.15) is 0 Å². The molecule has 5 rings (SSSR count). The van der Waals surface area contributed by atoms with E-state index in [1.807, 2.05) is 6.08 Å². The van der Waals surface area contributed by atoms with Gasteiger partial charge in [0.2, 0.25) is 0 Å². The van der Waals surface area contributed by atoms with Crippen molar-refractivity contribution in [1.29, 1.82) is 0 Å². The third kappa shape index (κ3) is 3.46. The molecule has 32 heavy (non-hydrogen) atoms. The lowest BCUT2D eigenvalue weighted by atomic mass is 9.89. The number of nitrogen functional groups attached to an aromatic ring is 1. The molecule has 0 spiro atoms. The minimum atomic E-state index is -2.49. The van der Waals surface area contributed by atoms with Crippen LogP contribution in [0.25, 0.3) is 11.0 Å². The van der Waals surface area contributed by atoms with Gasteiger partial charge in [0.15, 0.2) is 0 Å². The molecule has 0 amide bonds. The summed E-state index contributed by atoms with van der Waals surface area (Å²) in [6.07, 6.45) is 2.20. The van der Waals surface area contributed by atoms with Gasteiger partial charge in [-0.3, -0.25) is 0 Å². The van der Waals surface area contributed by atoms with E-state index in [4.69, 9.17) is 5.73 Å². The van der Waals surface area contributed by atoms with Crippen molar-refractivity contribution in [2.45, 2.75) is 50.5 Å². The number of nitrogens with one attached hydrogen (secondary N) is 1. The Labute approximate surface area is 183 Å². The van der Waals surface area contributed by atoms with Crippen molar-refractivity contribution in [3.05, 3.63) is 64.6 Å².